The highest BCUT2D eigenvalue weighted by atomic mass is 16.6. The smallest absolute Gasteiger partial charge is 0.408 e. The van der Waals surface area contributed by atoms with Crippen LogP contribution in [0.3, 0.4) is 0 Å². The van der Waals surface area contributed by atoms with Gasteiger partial charge in [-0.05, 0) is 55.0 Å². The van der Waals surface area contributed by atoms with Crippen molar-refractivity contribution < 1.29 is 19.1 Å². The minimum Gasteiger partial charge on any atom is -0.444 e. The molecule has 5 aromatic rings. The monoisotopic (exact) mass is 693 g/mol. The van der Waals surface area contributed by atoms with Crippen LogP contribution in [0.25, 0.3) is 0 Å². The van der Waals surface area contributed by atoms with Gasteiger partial charge in [-0.1, -0.05) is 158 Å². The summed E-state index contributed by atoms with van der Waals surface area (Å²) in [7, 11) is 0. The zero-order chi connectivity index (χ0) is 37.0. The highest BCUT2D eigenvalue weighted by Gasteiger charge is 2.40. The number of carbonyl (C=O) groups is 3. The van der Waals surface area contributed by atoms with Crippen LogP contribution in [0, 0.1) is 0 Å². The fourth-order valence-electron chi connectivity index (χ4n) is 6.69. The van der Waals surface area contributed by atoms with Crippen LogP contribution in [0.5, 0.6) is 0 Å². The molecule has 0 fully saturated rings. The lowest BCUT2D eigenvalue weighted by atomic mass is 9.72. The molecular formula is C45H47N3O4. The van der Waals surface area contributed by atoms with Crippen LogP contribution in [0.15, 0.2) is 164 Å². The van der Waals surface area contributed by atoms with Crippen LogP contribution in [-0.4, -0.2) is 36.1 Å². The molecule has 0 radical (unpaired) electrons. The lowest BCUT2D eigenvalue weighted by molar-refractivity contribution is -0.129. The second-order valence-electron chi connectivity index (χ2n) is 13.8. The molecule has 7 heteroatoms. The number of nitrogens with one attached hydrogen (secondary N) is 3. The molecule has 0 aliphatic rings. The molecule has 0 spiro atoms. The molecule has 52 heavy (non-hydrogen) atoms. The summed E-state index contributed by atoms with van der Waals surface area (Å²) >= 11 is 0. The molecule has 3 N–H and O–H groups in total. The average Bonchev–Trinajstić information content (AvgIpc) is 3.16. The number of amides is 3. The Labute approximate surface area is 307 Å². The zero-order valence-electron chi connectivity index (χ0n) is 30.0. The van der Waals surface area contributed by atoms with Crippen LogP contribution in [0.2, 0.25) is 0 Å². The van der Waals surface area contributed by atoms with Crippen molar-refractivity contribution in [2.75, 3.05) is 6.54 Å². The Morgan fingerprint density at radius 3 is 1.38 bits per heavy atom. The Morgan fingerprint density at radius 2 is 1.02 bits per heavy atom. The van der Waals surface area contributed by atoms with E-state index in [4.69, 9.17) is 4.74 Å². The number of hydrogen-bond donors (Lipinski definition) is 3. The first-order valence-corrected chi connectivity index (χ1v) is 17.5. The zero-order valence-corrected chi connectivity index (χ0v) is 30.0. The largest absolute Gasteiger partial charge is 0.444 e. The van der Waals surface area contributed by atoms with Crippen molar-refractivity contribution >= 4 is 17.9 Å². The van der Waals surface area contributed by atoms with E-state index in [0.29, 0.717) is 6.42 Å². The summed E-state index contributed by atoms with van der Waals surface area (Å²) < 4.78 is 5.56. The number of carbonyl (C=O) groups excluding carboxylic acids is 3. The van der Waals surface area contributed by atoms with Gasteiger partial charge in [-0.15, -0.1) is 6.58 Å². The van der Waals surface area contributed by atoms with E-state index >= 15 is 0 Å². The Balaban J connectivity index is 1.50. The quantitative estimate of drug-likeness (QED) is 0.0810. The molecule has 0 aliphatic carbocycles. The Morgan fingerprint density at radius 1 is 0.635 bits per heavy atom. The van der Waals surface area contributed by atoms with E-state index in [2.05, 4.69) is 22.5 Å². The number of allylic oxidation sites excluding steroid dienone is 1. The second kappa shape index (κ2) is 16.8. The first kappa shape index (κ1) is 37.3. The van der Waals surface area contributed by atoms with Crippen molar-refractivity contribution in [1.29, 1.82) is 0 Å². The summed E-state index contributed by atoms with van der Waals surface area (Å²) in [6.45, 7) is 9.45. The van der Waals surface area contributed by atoms with Gasteiger partial charge in [-0.25, -0.2) is 4.79 Å². The van der Waals surface area contributed by atoms with Crippen molar-refractivity contribution in [1.82, 2.24) is 16.0 Å². The van der Waals surface area contributed by atoms with Gasteiger partial charge < -0.3 is 20.7 Å². The van der Waals surface area contributed by atoms with Gasteiger partial charge in [0.2, 0.25) is 11.8 Å². The van der Waals surface area contributed by atoms with Crippen LogP contribution >= 0.6 is 0 Å². The normalized spacial score (nSPS) is 12.2. The molecule has 0 aliphatic heterocycles. The molecule has 1 atom stereocenters. The molecule has 5 rings (SSSR count). The van der Waals surface area contributed by atoms with Gasteiger partial charge >= 0.3 is 6.09 Å². The van der Waals surface area contributed by atoms with Gasteiger partial charge in [0.05, 0.1) is 6.42 Å². The second-order valence-corrected chi connectivity index (χ2v) is 13.8. The topological polar surface area (TPSA) is 96.5 Å². The third-order valence-electron chi connectivity index (χ3n) is 9.05. The predicted octanol–water partition coefficient (Wildman–Crippen LogP) is 8.06. The molecule has 7 nitrogen and oxygen atoms in total. The van der Waals surface area contributed by atoms with E-state index < -0.39 is 40.5 Å². The van der Waals surface area contributed by atoms with Crippen LogP contribution in [-0.2, 0) is 25.3 Å². The third-order valence-corrected chi connectivity index (χ3v) is 9.05. The summed E-state index contributed by atoms with van der Waals surface area (Å²) in [4.78, 5) is 41.9. The van der Waals surface area contributed by atoms with Crippen LogP contribution in [0.1, 0.15) is 61.4 Å². The van der Waals surface area contributed by atoms with Crippen LogP contribution in [0.4, 0.5) is 4.79 Å². The minimum absolute atomic E-state index is 0.183. The molecule has 3 amide bonds. The number of alkyl carbamates (subject to hydrolysis) is 1. The minimum atomic E-state index is -1.26. The van der Waals surface area contributed by atoms with Crippen molar-refractivity contribution in [3.63, 3.8) is 0 Å². The standard InChI is InChI=1S/C45H47N3O4/c1-5-31-44(34-21-11-6-12-22-34,35-23-13-7-14-24-35)33-46-41(50)39(47-42(51)52-43(2,3)4)32-40(49)48-45(36-25-15-8-16-26-36,37-27-17-9-18-28-37)38-29-19-10-20-30-38/h5-30,39H,1,31-33H2,2-4H3,(H,46,50)(H,47,51)(H,48,49)/t39-/m0/s1. The maximum absolute atomic E-state index is 14.4. The van der Waals surface area contributed by atoms with Crippen molar-refractivity contribution in [2.45, 2.75) is 56.2 Å². The number of hydrogen-bond acceptors (Lipinski definition) is 4. The third kappa shape index (κ3) is 8.85. The highest BCUT2D eigenvalue weighted by Crippen LogP contribution is 2.38. The fraction of sp³-hybridized carbons (Fsp3) is 0.222. The van der Waals surface area contributed by atoms with Gasteiger partial charge in [0.15, 0.2) is 0 Å². The molecule has 0 aromatic heterocycles. The molecule has 0 saturated heterocycles. The maximum atomic E-state index is 14.4. The van der Waals surface area contributed by atoms with Gasteiger partial charge in [0.1, 0.15) is 17.2 Å². The summed E-state index contributed by atoms with van der Waals surface area (Å²) in [6, 6.07) is 47.8. The highest BCUT2D eigenvalue weighted by molar-refractivity contribution is 5.91. The summed E-state index contributed by atoms with van der Waals surface area (Å²) in [6.07, 6.45) is 1.21. The van der Waals surface area contributed by atoms with E-state index in [9.17, 15) is 14.4 Å². The summed E-state index contributed by atoms with van der Waals surface area (Å²) in [5.74, 6) is -0.970. The fourth-order valence-corrected chi connectivity index (χ4v) is 6.69. The number of benzene rings is 5. The van der Waals surface area contributed by atoms with Crippen molar-refractivity contribution in [3.8, 4) is 0 Å². The Hall–Kier alpha value is -5.95. The van der Waals surface area contributed by atoms with Crippen molar-refractivity contribution in [2.24, 2.45) is 0 Å². The van der Waals surface area contributed by atoms with Gasteiger partial charge in [0.25, 0.3) is 0 Å². The van der Waals surface area contributed by atoms with Crippen molar-refractivity contribution in [3.05, 3.63) is 192 Å². The van der Waals surface area contributed by atoms with E-state index in [1.165, 1.54) is 0 Å². The van der Waals surface area contributed by atoms with E-state index in [0.717, 1.165) is 27.8 Å². The molecule has 266 valence electrons. The molecular weight excluding hydrogens is 647 g/mol. The first-order chi connectivity index (χ1) is 25.1. The molecule has 0 unspecified atom stereocenters. The Bertz CT molecular complexity index is 1770. The lowest BCUT2D eigenvalue weighted by Gasteiger charge is -2.37. The number of ether oxygens (including phenoxy) is 1. The first-order valence-electron chi connectivity index (χ1n) is 17.5. The number of rotatable bonds is 14. The van der Waals surface area contributed by atoms with Gasteiger partial charge in [0, 0.05) is 12.0 Å². The van der Waals surface area contributed by atoms with Gasteiger partial charge in [-0.2, -0.15) is 0 Å². The molecule has 0 bridgehead atoms. The van der Waals surface area contributed by atoms with Gasteiger partial charge in [-0.3, -0.25) is 9.59 Å². The molecule has 0 heterocycles. The lowest BCUT2D eigenvalue weighted by Crippen LogP contribution is -2.54. The molecule has 5 aromatic carbocycles. The maximum Gasteiger partial charge on any atom is 0.408 e. The SMILES string of the molecule is C=CCC(CNC(=O)[C@H](CC(=O)NC(c1ccccc1)(c1ccccc1)c1ccccc1)NC(=O)OC(C)(C)C)(c1ccccc1)c1ccccc1. The van der Waals surface area contributed by atoms with E-state index in [1.807, 2.05) is 158 Å². The average molecular weight is 694 g/mol. The Kier molecular flexibility index (Phi) is 12.1. The van der Waals surface area contributed by atoms with E-state index in [1.54, 1.807) is 20.8 Å². The van der Waals surface area contributed by atoms with E-state index in [-0.39, 0.29) is 13.0 Å². The van der Waals surface area contributed by atoms with Crippen LogP contribution < -0.4 is 16.0 Å². The predicted molar refractivity (Wildman–Crippen MR) is 207 cm³/mol. The molecule has 0 saturated carbocycles. The summed E-state index contributed by atoms with van der Waals surface area (Å²) in [5, 5.41) is 9.11. The summed E-state index contributed by atoms with van der Waals surface area (Å²) in [5.41, 5.74) is 1.90.